The van der Waals surface area contributed by atoms with E-state index in [4.69, 9.17) is 0 Å². The molecule has 1 aromatic carbocycles. The first-order chi connectivity index (χ1) is 9.11. The molecule has 1 aliphatic heterocycles. The number of carbonyl (C=O) groups excluding carboxylic acids is 1. The fourth-order valence-corrected chi connectivity index (χ4v) is 3.81. The first-order valence-electron chi connectivity index (χ1n) is 6.70. The zero-order valence-electron chi connectivity index (χ0n) is 11.0. The van der Waals surface area contributed by atoms with E-state index < -0.39 is 6.10 Å². The normalized spacial score (nSPS) is 36.8. The van der Waals surface area contributed by atoms with Crippen molar-refractivity contribution >= 4 is 5.91 Å². The van der Waals surface area contributed by atoms with Gasteiger partial charge in [-0.05, 0) is 17.4 Å². The molecule has 1 saturated carbocycles. The minimum atomic E-state index is -0.543. The summed E-state index contributed by atoms with van der Waals surface area (Å²) in [6, 6.07) is 9.97. The fraction of sp³-hybridized carbons (Fsp3) is 0.533. The Kier molecular flexibility index (Phi) is 2.87. The average Bonchev–Trinajstić information content (AvgIpc) is 2.94. The van der Waals surface area contributed by atoms with Crippen LogP contribution in [-0.4, -0.2) is 46.8 Å². The van der Waals surface area contributed by atoms with Gasteiger partial charge in [0.05, 0.1) is 6.10 Å². The molecule has 1 saturated heterocycles. The van der Waals surface area contributed by atoms with Crippen LogP contribution in [-0.2, 0) is 4.79 Å². The summed E-state index contributed by atoms with van der Waals surface area (Å²) in [5, 5.41) is 20.0. The van der Waals surface area contributed by atoms with E-state index >= 15 is 0 Å². The molecule has 2 aliphatic rings. The molecule has 0 unspecified atom stereocenters. The monoisotopic (exact) mass is 261 g/mol. The third-order valence-corrected chi connectivity index (χ3v) is 4.84. The molecule has 1 aromatic rings. The van der Waals surface area contributed by atoms with Gasteiger partial charge in [-0.15, -0.1) is 0 Å². The lowest BCUT2D eigenvalue weighted by molar-refractivity contribution is -0.128. The van der Waals surface area contributed by atoms with Gasteiger partial charge < -0.3 is 15.1 Å². The maximum absolute atomic E-state index is 11.5. The van der Waals surface area contributed by atoms with Crippen molar-refractivity contribution in [3.8, 4) is 0 Å². The van der Waals surface area contributed by atoms with E-state index in [1.165, 1.54) is 6.92 Å². The number of hydrogen-bond donors (Lipinski definition) is 2. The second-order valence-electron chi connectivity index (χ2n) is 5.71. The van der Waals surface area contributed by atoms with E-state index in [-0.39, 0.29) is 29.8 Å². The Morgan fingerprint density at radius 2 is 2.11 bits per heavy atom. The molecule has 1 aliphatic carbocycles. The molecule has 19 heavy (non-hydrogen) atoms. The largest absolute Gasteiger partial charge is 0.396 e. The van der Waals surface area contributed by atoms with Gasteiger partial charge in [0.2, 0.25) is 5.91 Å². The van der Waals surface area contributed by atoms with E-state index in [1.807, 2.05) is 30.3 Å². The second-order valence-corrected chi connectivity index (χ2v) is 5.71. The highest BCUT2D eigenvalue weighted by Gasteiger charge is 2.71. The smallest absolute Gasteiger partial charge is 0.219 e. The number of aliphatic hydroxyl groups excluding tert-OH is 2. The molecule has 2 fully saturated rings. The molecule has 1 spiro atoms. The molecule has 1 heterocycles. The predicted octanol–water partition coefficient (Wildman–Crippen LogP) is 0.602. The van der Waals surface area contributed by atoms with E-state index in [1.54, 1.807) is 4.90 Å². The molecular weight excluding hydrogens is 242 g/mol. The lowest BCUT2D eigenvalue weighted by atomic mass is 9.95. The number of benzene rings is 1. The SMILES string of the molecule is CC(=O)N1C[C@@H](O)[C@@]2(C1)[C@H](CO)[C@H]2c1ccccc1. The Hall–Kier alpha value is -1.39. The summed E-state index contributed by atoms with van der Waals surface area (Å²) in [5.41, 5.74) is 0.799. The van der Waals surface area contributed by atoms with Gasteiger partial charge in [-0.3, -0.25) is 4.79 Å². The molecule has 2 N–H and O–H groups in total. The molecule has 4 atom stereocenters. The summed E-state index contributed by atoms with van der Waals surface area (Å²) in [5.74, 6) is 0.193. The van der Waals surface area contributed by atoms with Crippen molar-refractivity contribution in [3.63, 3.8) is 0 Å². The standard InChI is InChI=1S/C15H19NO3/c1-10(18)16-7-13(19)15(9-16)12(8-17)14(15)11-5-3-2-4-6-11/h2-6,12-14,17,19H,7-9H2,1H3/t12-,13-,14-,15-/m1/s1. The van der Waals surface area contributed by atoms with Crippen LogP contribution in [0.15, 0.2) is 30.3 Å². The topological polar surface area (TPSA) is 60.8 Å². The number of β-amino-alcohol motifs (C(OH)–C–C–N with tert-alkyl or cyclic N) is 1. The molecule has 0 bridgehead atoms. The number of likely N-dealkylation sites (tertiary alicyclic amines) is 1. The van der Waals surface area contributed by atoms with Crippen molar-refractivity contribution < 1.29 is 15.0 Å². The third-order valence-electron chi connectivity index (χ3n) is 4.84. The maximum Gasteiger partial charge on any atom is 0.219 e. The molecule has 3 rings (SSSR count). The fourth-order valence-electron chi connectivity index (χ4n) is 3.81. The van der Waals surface area contributed by atoms with Crippen LogP contribution in [0.2, 0.25) is 0 Å². The highest BCUT2D eigenvalue weighted by Crippen LogP contribution is 2.68. The van der Waals surface area contributed by atoms with Gasteiger partial charge in [0.1, 0.15) is 0 Å². The number of aliphatic hydroxyl groups is 2. The highest BCUT2D eigenvalue weighted by atomic mass is 16.3. The first-order valence-corrected chi connectivity index (χ1v) is 6.70. The maximum atomic E-state index is 11.5. The minimum absolute atomic E-state index is 0.00803. The summed E-state index contributed by atoms with van der Waals surface area (Å²) < 4.78 is 0. The van der Waals surface area contributed by atoms with Gasteiger partial charge in [0.15, 0.2) is 0 Å². The zero-order valence-corrected chi connectivity index (χ0v) is 11.0. The molecule has 4 heteroatoms. The summed E-state index contributed by atoms with van der Waals surface area (Å²) in [7, 11) is 0. The lowest BCUT2D eigenvalue weighted by Crippen LogP contribution is -2.26. The summed E-state index contributed by atoms with van der Waals surface area (Å²) >= 11 is 0. The van der Waals surface area contributed by atoms with Gasteiger partial charge in [0, 0.05) is 32.0 Å². The van der Waals surface area contributed by atoms with Crippen LogP contribution in [0.5, 0.6) is 0 Å². The van der Waals surface area contributed by atoms with E-state index in [9.17, 15) is 15.0 Å². The number of amides is 1. The molecule has 102 valence electrons. The number of hydrogen-bond acceptors (Lipinski definition) is 3. The lowest BCUT2D eigenvalue weighted by Gasteiger charge is -2.14. The molecule has 0 aromatic heterocycles. The molecule has 4 nitrogen and oxygen atoms in total. The average molecular weight is 261 g/mol. The van der Waals surface area contributed by atoms with Crippen LogP contribution in [0.3, 0.4) is 0 Å². The first kappa shape index (κ1) is 12.6. The molecule has 1 amide bonds. The Bertz CT molecular complexity index is 489. The van der Waals surface area contributed by atoms with Gasteiger partial charge in [0.25, 0.3) is 0 Å². The highest BCUT2D eigenvalue weighted by molar-refractivity contribution is 5.74. The van der Waals surface area contributed by atoms with Crippen LogP contribution < -0.4 is 0 Å². The van der Waals surface area contributed by atoms with Crippen LogP contribution in [0.1, 0.15) is 18.4 Å². The van der Waals surface area contributed by atoms with E-state index in [0.717, 1.165) is 5.56 Å². The number of nitrogens with zero attached hydrogens (tertiary/aromatic N) is 1. The van der Waals surface area contributed by atoms with Crippen molar-refractivity contribution in [1.29, 1.82) is 0 Å². The predicted molar refractivity (Wildman–Crippen MR) is 70.5 cm³/mol. The summed E-state index contributed by atoms with van der Waals surface area (Å²) in [6.45, 7) is 2.52. The summed E-state index contributed by atoms with van der Waals surface area (Å²) in [6.07, 6.45) is -0.543. The zero-order chi connectivity index (χ0) is 13.6. The van der Waals surface area contributed by atoms with Crippen molar-refractivity contribution in [1.82, 2.24) is 4.90 Å². The van der Waals surface area contributed by atoms with E-state index in [0.29, 0.717) is 13.1 Å². The van der Waals surface area contributed by atoms with Gasteiger partial charge in [-0.1, -0.05) is 30.3 Å². The minimum Gasteiger partial charge on any atom is -0.396 e. The Labute approximate surface area is 112 Å². The summed E-state index contributed by atoms with van der Waals surface area (Å²) in [4.78, 5) is 13.2. The number of rotatable bonds is 2. The number of carbonyl (C=O) groups is 1. The van der Waals surface area contributed by atoms with Gasteiger partial charge in [-0.25, -0.2) is 0 Å². The second kappa shape index (κ2) is 4.32. The van der Waals surface area contributed by atoms with Crippen LogP contribution in [0.25, 0.3) is 0 Å². The Balaban J connectivity index is 1.90. The van der Waals surface area contributed by atoms with Crippen LogP contribution >= 0.6 is 0 Å². The Morgan fingerprint density at radius 1 is 1.42 bits per heavy atom. The van der Waals surface area contributed by atoms with E-state index in [2.05, 4.69) is 0 Å². The van der Waals surface area contributed by atoms with Gasteiger partial charge in [-0.2, -0.15) is 0 Å². The van der Waals surface area contributed by atoms with Crippen molar-refractivity contribution in [2.45, 2.75) is 18.9 Å². The Morgan fingerprint density at radius 3 is 2.63 bits per heavy atom. The molecule has 0 radical (unpaired) electrons. The molecular formula is C15H19NO3. The van der Waals surface area contributed by atoms with Crippen molar-refractivity contribution in [2.24, 2.45) is 11.3 Å². The van der Waals surface area contributed by atoms with Crippen LogP contribution in [0, 0.1) is 11.3 Å². The van der Waals surface area contributed by atoms with Crippen LogP contribution in [0.4, 0.5) is 0 Å². The van der Waals surface area contributed by atoms with Gasteiger partial charge >= 0.3 is 0 Å². The van der Waals surface area contributed by atoms with Crippen molar-refractivity contribution in [3.05, 3.63) is 35.9 Å². The quantitative estimate of drug-likeness (QED) is 0.819. The van der Waals surface area contributed by atoms with Crippen molar-refractivity contribution in [2.75, 3.05) is 19.7 Å². The third kappa shape index (κ3) is 1.70.